The highest BCUT2D eigenvalue weighted by Crippen LogP contribution is 2.21. The van der Waals surface area contributed by atoms with Crippen LogP contribution in [0.2, 0.25) is 5.02 Å². The van der Waals surface area contributed by atoms with Crippen molar-refractivity contribution in [3.05, 3.63) is 58.4 Å². The van der Waals surface area contributed by atoms with Crippen molar-refractivity contribution >= 4 is 29.2 Å². The summed E-state index contributed by atoms with van der Waals surface area (Å²) in [5, 5.41) is 9.99. The van der Waals surface area contributed by atoms with Crippen molar-refractivity contribution < 1.29 is 9.53 Å². The summed E-state index contributed by atoms with van der Waals surface area (Å²) in [5.74, 6) is -0.437. The Morgan fingerprint density at radius 3 is 2.43 bits per heavy atom. The summed E-state index contributed by atoms with van der Waals surface area (Å²) in [5.41, 5.74) is 2.35. The Morgan fingerprint density at radius 1 is 1.24 bits per heavy atom. The lowest BCUT2D eigenvalue weighted by molar-refractivity contribution is 0.0590. The van der Waals surface area contributed by atoms with Crippen molar-refractivity contribution in [1.82, 2.24) is 4.57 Å². The van der Waals surface area contributed by atoms with Crippen molar-refractivity contribution in [2.75, 3.05) is 7.11 Å². The monoisotopic (exact) mass is 300 g/mol. The van der Waals surface area contributed by atoms with Crippen LogP contribution in [-0.2, 0) is 11.8 Å². The maximum Gasteiger partial charge on any atom is 0.354 e. The molecule has 0 fully saturated rings. The fourth-order valence-electron chi connectivity index (χ4n) is 1.98. The van der Waals surface area contributed by atoms with E-state index in [9.17, 15) is 10.1 Å². The van der Waals surface area contributed by atoms with Gasteiger partial charge >= 0.3 is 5.97 Å². The van der Waals surface area contributed by atoms with E-state index in [0.717, 1.165) is 5.56 Å². The van der Waals surface area contributed by atoms with Gasteiger partial charge in [0.1, 0.15) is 11.8 Å². The molecule has 0 saturated heterocycles. The average Bonchev–Trinajstić information content (AvgIpc) is 2.87. The highest BCUT2D eigenvalue weighted by molar-refractivity contribution is 6.30. The molecule has 0 amide bonds. The molecule has 1 aromatic carbocycles. The van der Waals surface area contributed by atoms with Crippen LogP contribution in [0.5, 0.6) is 0 Å². The molecule has 106 valence electrons. The molecular formula is C16H13ClN2O2. The van der Waals surface area contributed by atoms with Gasteiger partial charge in [-0.3, -0.25) is 0 Å². The number of halogens is 1. The predicted octanol–water partition coefficient (Wildman–Crippen LogP) is 3.53. The number of nitrogens with zero attached hydrogens (tertiary/aromatic N) is 2. The smallest absolute Gasteiger partial charge is 0.354 e. The molecule has 0 aliphatic rings. The molecule has 1 aromatic heterocycles. The van der Waals surface area contributed by atoms with E-state index in [-0.39, 0.29) is 0 Å². The third-order valence-corrected chi connectivity index (χ3v) is 3.35. The second kappa shape index (κ2) is 6.29. The quantitative estimate of drug-likeness (QED) is 0.643. The first-order valence-corrected chi connectivity index (χ1v) is 6.56. The van der Waals surface area contributed by atoms with Gasteiger partial charge in [-0.25, -0.2) is 4.79 Å². The van der Waals surface area contributed by atoms with Crippen LogP contribution in [0.25, 0.3) is 11.6 Å². The molecule has 2 aromatic rings. The van der Waals surface area contributed by atoms with E-state index < -0.39 is 5.97 Å². The van der Waals surface area contributed by atoms with Crippen LogP contribution in [-0.4, -0.2) is 17.6 Å². The molecule has 0 radical (unpaired) electrons. The summed E-state index contributed by atoms with van der Waals surface area (Å²) in [6.45, 7) is 0. The Bertz CT molecular complexity index is 737. The van der Waals surface area contributed by atoms with E-state index in [1.165, 1.54) is 7.11 Å². The van der Waals surface area contributed by atoms with E-state index >= 15 is 0 Å². The van der Waals surface area contributed by atoms with Gasteiger partial charge in [-0.1, -0.05) is 23.7 Å². The lowest BCUT2D eigenvalue weighted by Crippen LogP contribution is -2.08. The zero-order chi connectivity index (χ0) is 15.4. The van der Waals surface area contributed by atoms with E-state index in [1.807, 2.05) is 12.1 Å². The predicted molar refractivity (Wildman–Crippen MR) is 81.7 cm³/mol. The molecule has 1 heterocycles. The van der Waals surface area contributed by atoms with Gasteiger partial charge in [0.2, 0.25) is 0 Å². The first kappa shape index (κ1) is 14.9. The van der Waals surface area contributed by atoms with E-state index in [2.05, 4.69) is 6.07 Å². The van der Waals surface area contributed by atoms with Crippen LogP contribution < -0.4 is 0 Å². The third kappa shape index (κ3) is 3.15. The molecule has 0 spiro atoms. The molecule has 0 atom stereocenters. The fraction of sp³-hybridized carbons (Fsp3) is 0.125. The average molecular weight is 301 g/mol. The van der Waals surface area contributed by atoms with E-state index in [0.29, 0.717) is 22.0 Å². The second-order valence-electron chi connectivity index (χ2n) is 4.38. The topological polar surface area (TPSA) is 55.0 Å². The Morgan fingerprint density at radius 2 is 1.86 bits per heavy atom. The summed E-state index contributed by atoms with van der Waals surface area (Å²) in [7, 11) is 3.04. The zero-order valence-electron chi connectivity index (χ0n) is 11.6. The van der Waals surface area contributed by atoms with Gasteiger partial charge in [0.15, 0.2) is 0 Å². The number of methoxy groups -OCH3 is 1. The van der Waals surface area contributed by atoms with Crippen molar-refractivity contribution in [1.29, 1.82) is 5.26 Å². The van der Waals surface area contributed by atoms with Crippen LogP contribution in [0, 0.1) is 11.3 Å². The summed E-state index contributed by atoms with van der Waals surface area (Å²) in [6.07, 6.45) is 1.74. The summed E-state index contributed by atoms with van der Waals surface area (Å²) < 4.78 is 6.33. The SMILES string of the molecule is COC(=O)c1ccc(/C(C#N)=C/c2ccc(Cl)cc2)n1C. The van der Waals surface area contributed by atoms with E-state index in [1.54, 1.807) is 42.0 Å². The Balaban J connectivity index is 2.43. The van der Waals surface area contributed by atoms with Crippen LogP contribution in [0.4, 0.5) is 0 Å². The van der Waals surface area contributed by atoms with Gasteiger partial charge in [-0.2, -0.15) is 5.26 Å². The highest BCUT2D eigenvalue weighted by Gasteiger charge is 2.15. The molecule has 4 nitrogen and oxygen atoms in total. The van der Waals surface area contributed by atoms with Gasteiger partial charge in [0.05, 0.1) is 18.4 Å². The standard InChI is InChI=1S/C16H13ClN2O2/c1-19-14(7-8-15(19)16(20)21-2)12(10-18)9-11-3-5-13(17)6-4-11/h3-9H,1-2H3/b12-9+. The number of allylic oxidation sites excluding steroid dienone is 1. The van der Waals surface area contributed by atoms with Crippen LogP contribution in [0.1, 0.15) is 21.7 Å². The molecule has 0 saturated carbocycles. The molecule has 0 N–H and O–H groups in total. The van der Waals surface area contributed by atoms with Crippen molar-refractivity contribution in [2.45, 2.75) is 0 Å². The first-order chi connectivity index (χ1) is 10.1. The lowest BCUT2D eigenvalue weighted by Gasteiger charge is -2.05. The first-order valence-electron chi connectivity index (χ1n) is 6.18. The number of carbonyl (C=O) groups is 1. The fourth-order valence-corrected chi connectivity index (χ4v) is 2.11. The summed E-state index contributed by atoms with van der Waals surface area (Å²) >= 11 is 5.84. The Labute approximate surface area is 127 Å². The van der Waals surface area contributed by atoms with Gasteiger partial charge in [-0.05, 0) is 35.9 Å². The number of rotatable bonds is 3. The molecule has 0 unspecified atom stereocenters. The molecule has 2 rings (SSSR count). The van der Waals surface area contributed by atoms with E-state index in [4.69, 9.17) is 16.3 Å². The number of nitriles is 1. The van der Waals surface area contributed by atoms with Crippen molar-refractivity contribution in [2.24, 2.45) is 7.05 Å². The summed E-state index contributed by atoms with van der Waals surface area (Å²) in [4.78, 5) is 11.6. The number of hydrogen-bond donors (Lipinski definition) is 0. The molecule has 21 heavy (non-hydrogen) atoms. The van der Waals surface area contributed by atoms with Gasteiger partial charge in [0, 0.05) is 12.1 Å². The number of aromatic nitrogens is 1. The molecule has 0 bridgehead atoms. The zero-order valence-corrected chi connectivity index (χ0v) is 12.4. The normalized spacial score (nSPS) is 11.0. The minimum Gasteiger partial charge on any atom is -0.464 e. The van der Waals surface area contributed by atoms with Gasteiger partial charge in [-0.15, -0.1) is 0 Å². The van der Waals surface area contributed by atoms with Crippen molar-refractivity contribution in [3.8, 4) is 6.07 Å². The van der Waals surface area contributed by atoms with Gasteiger partial charge in [0.25, 0.3) is 0 Å². The molecule has 0 aliphatic carbocycles. The molecule has 0 aliphatic heterocycles. The maximum atomic E-state index is 11.6. The third-order valence-electron chi connectivity index (χ3n) is 3.09. The molecular weight excluding hydrogens is 288 g/mol. The van der Waals surface area contributed by atoms with Crippen LogP contribution in [0.15, 0.2) is 36.4 Å². The number of esters is 1. The number of ether oxygens (including phenoxy) is 1. The highest BCUT2D eigenvalue weighted by atomic mass is 35.5. The largest absolute Gasteiger partial charge is 0.464 e. The summed E-state index contributed by atoms with van der Waals surface area (Å²) in [6, 6.07) is 12.7. The van der Waals surface area contributed by atoms with Crippen molar-refractivity contribution in [3.63, 3.8) is 0 Å². The minimum atomic E-state index is -0.437. The number of benzene rings is 1. The molecule has 5 heteroatoms. The lowest BCUT2D eigenvalue weighted by atomic mass is 10.1. The maximum absolute atomic E-state index is 11.6. The minimum absolute atomic E-state index is 0.393. The van der Waals surface area contributed by atoms with Crippen LogP contribution in [0.3, 0.4) is 0 Å². The number of carbonyl (C=O) groups excluding carboxylic acids is 1. The van der Waals surface area contributed by atoms with Gasteiger partial charge < -0.3 is 9.30 Å². The Hall–Kier alpha value is -2.51. The Kier molecular flexibility index (Phi) is 4.46. The second-order valence-corrected chi connectivity index (χ2v) is 4.81. The number of hydrogen-bond acceptors (Lipinski definition) is 3. The van der Waals surface area contributed by atoms with Crippen LogP contribution >= 0.6 is 11.6 Å².